The van der Waals surface area contributed by atoms with Crippen LogP contribution in [0.15, 0.2) is 41.5 Å². The molecule has 0 radical (unpaired) electrons. The Bertz CT molecular complexity index is 946. The number of H-pyrrole nitrogens is 1. The van der Waals surface area contributed by atoms with Gasteiger partial charge in [0.1, 0.15) is 11.3 Å². The second-order valence-corrected chi connectivity index (χ2v) is 5.64. The average molecular weight is 293 g/mol. The summed E-state index contributed by atoms with van der Waals surface area (Å²) in [7, 11) is 2.08. The molecule has 1 aliphatic heterocycles. The molecule has 3 aromatic rings. The number of benzene rings is 2. The van der Waals surface area contributed by atoms with E-state index in [4.69, 9.17) is 0 Å². The number of hydrogen-bond donors (Lipinski definition) is 2. The minimum Gasteiger partial charge on any atom is -0.506 e. The smallest absolute Gasteiger partial charge is 0.258 e. The number of anilines is 1. The number of nitrogens with one attached hydrogen (secondary N) is 1. The molecule has 0 bridgehead atoms. The summed E-state index contributed by atoms with van der Waals surface area (Å²) in [5.74, 6) is 0.0243. The molecule has 0 fully saturated rings. The summed E-state index contributed by atoms with van der Waals surface area (Å²) < 4.78 is 0. The number of fused-ring (bicyclic) bond motifs is 2. The van der Waals surface area contributed by atoms with Gasteiger partial charge in [-0.05, 0) is 47.4 Å². The quantitative estimate of drug-likeness (QED) is 0.722. The van der Waals surface area contributed by atoms with Crippen molar-refractivity contribution in [3.05, 3.63) is 52.6 Å². The zero-order chi connectivity index (χ0) is 15.3. The van der Waals surface area contributed by atoms with Crippen LogP contribution in [0.25, 0.3) is 22.0 Å². The van der Waals surface area contributed by atoms with Crippen LogP contribution in [0.3, 0.4) is 0 Å². The van der Waals surface area contributed by atoms with Crippen LogP contribution < -0.4 is 10.5 Å². The molecule has 110 valence electrons. The molecule has 5 heteroatoms. The number of nitrogens with zero attached hydrogens (tertiary/aromatic N) is 2. The molecule has 5 nitrogen and oxygen atoms in total. The highest BCUT2D eigenvalue weighted by Crippen LogP contribution is 2.34. The Balaban J connectivity index is 1.92. The van der Waals surface area contributed by atoms with E-state index in [-0.39, 0.29) is 11.3 Å². The van der Waals surface area contributed by atoms with Gasteiger partial charge in [0.15, 0.2) is 0 Å². The van der Waals surface area contributed by atoms with E-state index in [2.05, 4.69) is 34.0 Å². The molecule has 1 aliphatic rings. The number of phenolic OH excluding ortho intramolecular Hbond substituents is 1. The lowest BCUT2D eigenvalue weighted by atomic mass is 10.00. The molecule has 0 saturated carbocycles. The van der Waals surface area contributed by atoms with E-state index in [1.807, 2.05) is 6.07 Å². The lowest BCUT2D eigenvalue weighted by molar-refractivity contribution is 0.480. The third-order valence-electron chi connectivity index (χ3n) is 4.26. The Kier molecular flexibility index (Phi) is 2.69. The van der Waals surface area contributed by atoms with Crippen molar-refractivity contribution in [2.75, 3.05) is 18.5 Å². The van der Waals surface area contributed by atoms with Crippen LogP contribution in [0.5, 0.6) is 5.75 Å². The molecule has 0 spiro atoms. The maximum atomic E-state index is 11.9. The van der Waals surface area contributed by atoms with Gasteiger partial charge >= 0.3 is 0 Å². The van der Waals surface area contributed by atoms with Gasteiger partial charge < -0.3 is 15.0 Å². The van der Waals surface area contributed by atoms with E-state index in [1.165, 1.54) is 17.6 Å². The number of phenols is 1. The first kappa shape index (κ1) is 12.9. The Hall–Kier alpha value is -2.82. The van der Waals surface area contributed by atoms with Gasteiger partial charge in [0.05, 0.1) is 11.7 Å². The molecule has 22 heavy (non-hydrogen) atoms. The summed E-state index contributed by atoms with van der Waals surface area (Å²) in [5.41, 5.74) is 4.43. The van der Waals surface area contributed by atoms with Gasteiger partial charge in [0.25, 0.3) is 5.56 Å². The van der Waals surface area contributed by atoms with Crippen molar-refractivity contribution < 1.29 is 5.11 Å². The zero-order valence-corrected chi connectivity index (χ0v) is 12.1. The summed E-state index contributed by atoms with van der Waals surface area (Å²) in [6.07, 6.45) is 2.32. The Labute approximate surface area is 126 Å². The molecule has 2 N–H and O–H groups in total. The van der Waals surface area contributed by atoms with E-state index in [1.54, 1.807) is 12.1 Å². The van der Waals surface area contributed by atoms with Crippen LogP contribution in [0.2, 0.25) is 0 Å². The van der Waals surface area contributed by atoms with Crippen LogP contribution in [-0.4, -0.2) is 28.7 Å². The number of aromatic nitrogens is 2. The van der Waals surface area contributed by atoms with Crippen molar-refractivity contribution in [1.82, 2.24) is 9.97 Å². The van der Waals surface area contributed by atoms with Crippen LogP contribution in [0.4, 0.5) is 5.69 Å². The standard InChI is InChI=1S/C17H15N3O2/c1-20-5-4-11-6-10(2-3-14(11)20)12-7-13-16(15(21)8-12)18-9-19-17(13)22/h2-3,6-9,21H,4-5H2,1H3,(H,18,19,22). The summed E-state index contributed by atoms with van der Waals surface area (Å²) >= 11 is 0. The lowest BCUT2D eigenvalue weighted by Crippen LogP contribution is -2.12. The Morgan fingerprint density at radius 2 is 2.09 bits per heavy atom. The molecule has 0 atom stereocenters. The highest BCUT2D eigenvalue weighted by molar-refractivity contribution is 5.89. The monoisotopic (exact) mass is 293 g/mol. The van der Waals surface area contributed by atoms with Crippen molar-refractivity contribution in [2.45, 2.75) is 6.42 Å². The van der Waals surface area contributed by atoms with Gasteiger partial charge in [-0.15, -0.1) is 0 Å². The summed E-state index contributed by atoms with van der Waals surface area (Å²) in [5, 5.41) is 10.5. The fourth-order valence-corrected chi connectivity index (χ4v) is 3.07. The van der Waals surface area contributed by atoms with Crippen LogP contribution >= 0.6 is 0 Å². The summed E-state index contributed by atoms with van der Waals surface area (Å²) in [4.78, 5) is 20.7. The van der Waals surface area contributed by atoms with Gasteiger partial charge in [0.2, 0.25) is 0 Å². The topological polar surface area (TPSA) is 69.2 Å². The van der Waals surface area contributed by atoms with Gasteiger partial charge in [-0.1, -0.05) is 6.07 Å². The number of likely N-dealkylation sites (N-methyl/N-ethyl adjacent to an activating group) is 1. The van der Waals surface area contributed by atoms with Crippen molar-refractivity contribution in [2.24, 2.45) is 0 Å². The fraction of sp³-hybridized carbons (Fsp3) is 0.176. The first-order valence-electron chi connectivity index (χ1n) is 7.18. The fourth-order valence-electron chi connectivity index (χ4n) is 3.07. The SMILES string of the molecule is CN1CCc2cc(-c3cc(O)c4nc[nH]c(=O)c4c3)ccc21. The Morgan fingerprint density at radius 1 is 1.23 bits per heavy atom. The minimum absolute atomic E-state index is 0.0243. The van der Waals surface area contributed by atoms with Gasteiger partial charge in [-0.25, -0.2) is 4.98 Å². The molecule has 0 amide bonds. The first-order valence-corrected chi connectivity index (χ1v) is 7.18. The third kappa shape index (κ3) is 1.86. The highest BCUT2D eigenvalue weighted by Gasteiger charge is 2.16. The predicted molar refractivity (Wildman–Crippen MR) is 86.4 cm³/mol. The molecule has 0 aliphatic carbocycles. The number of aromatic amines is 1. The summed E-state index contributed by atoms with van der Waals surface area (Å²) in [6, 6.07) is 9.68. The lowest BCUT2D eigenvalue weighted by Gasteiger charge is -2.12. The molecular weight excluding hydrogens is 278 g/mol. The van der Waals surface area contributed by atoms with Gasteiger partial charge in [-0.2, -0.15) is 0 Å². The van der Waals surface area contributed by atoms with E-state index in [0.29, 0.717) is 10.9 Å². The number of rotatable bonds is 1. The molecular formula is C17H15N3O2. The molecule has 1 aromatic heterocycles. The second-order valence-electron chi connectivity index (χ2n) is 5.64. The van der Waals surface area contributed by atoms with Crippen LogP contribution in [0.1, 0.15) is 5.56 Å². The van der Waals surface area contributed by atoms with E-state index in [0.717, 1.165) is 24.1 Å². The highest BCUT2D eigenvalue weighted by atomic mass is 16.3. The third-order valence-corrected chi connectivity index (χ3v) is 4.26. The van der Waals surface area contributed by atoms with E-state index >= 15 is 0 Å². The van der Waals surface area contributed by atoms with Crippen LogP contribution in [-0.2, 0) is 6.42 Å². The minimum atomic E-state index is -0.247. The summed E-state index contributed by atoms with van der Waals surface area (Å²) in [6.45, 7) is 1.02. The maximum Gasteiger partial charge on any atom is 0.258 e. The number of hydrogen-bond acceptors (Lipinski definition) is 4. The molecule has 0 unspecified atom stereocenters. The number of aromatic hydroxyl groups is 1. The van der Waals surface area contributed by atoms with Crippen molar-refractivity contribution >= 4 is 16.6 Å². The molecule has 2 aromatic carbocycles. The first-order chi connectivity index (χ1) is 10.6. The van der Waals surface area contributed by atoms with Crippen molar-refractivity contribution in [1.29, 1.82) is 0 Å². The van der Waals surface area contributed by atoms with E-state index in [9.17, 15) is 9.90 Å². The Morgan fingerprint density at radius 3 is 2.95 bits per heavy atom. The van der Waals surface area contributed by atoms with Gasteiger partial charge in [-0.3, -0.25) is 4.79 Å². The van der Waals surface area contributed by atoms with Crippen LogP contribution in [0, 0.1) is 0 Å². The molecule has 2 heterocycles. The van der Waals surface area contributed by atoms with Crippen molar-refractivity contribution in [3.63, 3.8) is 0 Å². The zero-order valence-electron chi connectivity index (χ0n) is 12.1. The van der Waals surface area contributed by atoms with Gasteiger partial charge in [0, 0.05) is 19.3 Å². The van der Waals surface area contributed by atoms with Crippen molar-refractivity contribution in [3.8, 4) is 16.9 Å². The maximum absolute atomic E-state index is 11.9. The van der Waals surface area contributed by atoms with E-state index < -0.39 is 0 Å². The average Bonchev–Trinajstić information content (AvgIpc) is 2.89. The predicted octanol–water partition coefficient (Wildman–Crippen LogP) is 2.29. The largest absolute Gasteiger partial charge is 0.506 e. The second kappa shape index (κ2) is 4.59. The molecule has 4 rings (SSSR count). The molecule has 0 saturated heterocycles. The normalized spacial score (nSPS) is 13.6.